The Labute approximate surface area is 280 Å². The van der Waals surface area contributed by atoms with Gasteiger partial charge in [0.05, 0.1) is 10.6 Å². The molecule has 0 amide bonds. The van der Waals surface area contributed by atoms with E-state index in [1.165, 1.54) is 5.56 Å². The lowest BCUT2D eigenvalue weighted by Crippen LogP contribution is -2.55. The Kier molecular flexibility index (Phi) is 11.5. The largest absolute Gasteiger partial charge is 0.354 e. The van der Waals surface area contributed by atoms with Crippen molar-refractivity contribution in [2.75, 3.05) is 26.2 Å². The number of benzene rings is 2. The van der Waals surface area contributed by atoms with Crippen molar-refractivity contribution in [2.45, 2.75) is 96.2 Å². The molecule has 11 heteroatoms. The van der Waals surface area contributed by atoms with Crippen molar-refractivity contribution in [3.63, 3.8) is 0 Å². The Morgan fingerprint density at radius 1 is 0.936 bits per heavy atom. The maximum atomic E-state index is 12.7. The lowest BCUT2D eigenvalue weighted by Gasteiger charge is -2.35. The second kappa shape index (κ2) is 14.8. The Bertz CT molecular complexity index is 1770. The van der Waals surface area contributed by atoms with Crippen LogP contribution in [0.1, 0.15) is 78.6 Å². The molecule has 1 aliphatic heterocycles. The monoisotopic (exact) mass is 663 g/mol. The first-order valence-corrected chi connectivity index (χ1v) is 17.9. The van der Waals surface area contributed by atoms with Gasteiger partial charge in [-0.25, -0.2) is 13.2 Å². The summed E-state index contributed by atoms with van der Waals surface area (Å²) in [5.74, 6) is 0. The van der Waals surface area contributed by atoms with Gasteiger partial charge in [0.2, 0.25) is 10.0 Å². The third-order valence-corrected chi connectivity index (χ3v) is 10.1. The first-order chi connectivity index (χ1) is 22.0. The molecule has 0 radical (unpaired) electrons. The fraction of sp³-hybridized carbons (Fsp3) is 0.500. The number of fused-ring (bicyclic) bond motifs is 1. The average Bonchev–Trinajstić information content (AvgIpc) is 3.42. The molecule has 2 aromatic heterocycles. The maximum absolute atomic E-state index is 12.7. The van der Waals surface area contributed by atoms with Gasteiger partial charge in [-0.05, 0) is 80.2 Å². The van der Waals surface area contributed by atoms with E-state index < -0.39 is 10.0 Å². The molecule has 0 saturated carbocycles. The van der Waals surface area contributed by atoms with Crippen molar-refractivity contribution < 1.29 is 8.42 Å². The Balaban J connectivity index is 0.000000218. The summed E-state index contributed by atoms with van der Waals surface area (Å²) in [6, 6.07) is 17.7. The molecule has 47 heavy (non-hydrogen) atoms. The van der Waals surface area contributed by atoms with Crippen LogP contribution < -0.4 is 22.1 Å². The summed E-state index contributed by atoms with van der Waals surface area (Å²) in [6.07, 6.45) is 2.82. The van der Waals surface area contributed by atoms with Gasteiger partial charge in [-0.1, -0.05) is 65.8 Å². The van der Waals surface area contributed by atoms with E-state index in [0.29, 0.717) is 30.2 Å². The lowest BCUT2D eigenvalue weighted by molar-refractivity contribution is 0.263. The summed E-state index contributed by atoms with van der Waals surface area (Å²) in [6.45, 7) is 20.2. The summed E-state index contributed by atoms with van der Waals surface area (Å²) in [4.78, 5) is 20.3. The predicted octanol–water partition coefficient (Wildman–Crippen LogP) is 4.80. The highest BCUT2D eigenvalue weighted by molar-refractivity contribution is 7.89. The number of nitrogens with zero attached hydrogens (tertiary/aromatic N) is 3. The summed E-state index contributed by atoms with van der Waals surface area (Å²) >= 11 is 0. The summed E-state index contributed by atoms with van der Waals surface area (Å²) in [5.41, 5.74) is 10.0. The van der Waals surface area contributed by atoms with Crippen molar-refractivity contribution >= 4 is 21.1 Å². The number of aromatic nitrogens is 3. The highest BCUT2D eigenvalue weighted by Crippen LogP contribution is 2.26. The third kappa shape index (κ3) is 9.39. The first kappa shape index (κ1) is 36.5. The van der Waals surface area contributed by atoms with Gasteiger partial charge in [0.25, 0.3) is 0 Å². The molecule has 1 aliphatic rings. The maximum Gasteiger partial charge on any atom is 0.354 e. The molecule has 256 valence electrons. The van der Waals surface area contributed by atoms with E-state index >= 15 is 0 Å². The number of rotatable bonds is 8. The van der Waals surface area contributed by atoms with Gasteiger partial charge in [0.15, 0.2) is 0 Å². The van der Waals surface area contributed by atoms with Crippen LogP contribution in [0.4, 0.5) is 0 Å². The van der Waals surface area contributed by atoms with Crippen LogP contribution in [0.3, 0.4) is 0 Å². The fourth-order valence-electron chi connectivity index (χ4n) is 5.57. The van der Waals surface area contributed by atoms with Crippen LogP contribution in [0.25, 0.3) is 16.7 Å². The number of nitrogens with two attached hydrogens (primary N) is 1. The zero-order chi connectivity index (χ0) is 34.6. The van der Waals surface area contributed by atoms with E-state index in [1.54, 1.807) is 21.0 Å². The third-order valence-electron chi connectivity index (χ3n) is 8.30. The molecule has 1 saturated heterocycles. The van der Waals surface area contributed by atoms with Gasteiger partial charge in [-0.3, -0.25) is 4.57 Å². The molecule has 0 aliphatic carbocycles. The number of H-pyrrole nitrogens is 1. The number of hydrogen-bond donors (Lipinski definition) is 4. The lowest BCUT2D eigenvalue weighted by atomic mass is 9.87. The highest BCUT2D eigenvalue weighted by Gasteiger charge is 2.31. The van der Waals surface area contributed by atoms with Gasteiger partial charge >= 0.3 is 5.69 Å². The molecule has 4 aromatic rings. The minimum absolute atomic E-state index is 0.0207. The number of nitrogens with one attached hydrogen (secondary N) is 3. The SMILES string of the molecule is CC(C)(C)c1cc2cn(-c3ccc(CNCCCN)cc3)c(=O)nc2[nH]1.CC1CN(S(=O)(=O)c2ccc(C(C)(C)C)cc2)CC(C)N1. The van der Waals surface area contributed by atoms with E-state index in [4.69, 9.17) is 5.73 Å². The Morgan fingerprint density at radius 2 is 1.55 bits per heavy atom. The number of aromatic amines is 1. The van der Waals surface area contributed by atoms with Crippen molar-refractivity contribution in [1.82, 2.24) is 29.5 Å². The van der Waals surface area contributed by atoms with Crippen LogP contribution in [-0.2, 0) is 27.4 Å². The zero-order valence-corrected chi connectivity index (χ0v) is 30.0. The van der Waals surface area contributed by atoms with E-state index in [9.17, 15) is 13.2 Å². The molecule has 1 fully saturated rings. The summed E-state index contributed by atoms with van der Waals surface area (Å²) in [5, 5.41) is 7.64. The molecule has 5 rings (SSSR count). The van der Waals surface area contributed by atoms with E-state index in [-0.39, 0.29) is 28.6 Å². The standard InChI is InChI=1S/C20H27N5O.C16H26N2O2S/c1-20(2,3)17-11-15-13-25(19(26)24-18(15)23-17)16-7-5-14(6-8-16)12-22-10-4-9-21;1-12-10-18(11-13(2)17-12)21(19,20)15-8-6-14(7-9-15)16(3,4)5/h5-8,11,13,22H,4,9-10,12,21H2,1-3H3,(H,23,24,26);6-9,12-13,17H,10-11H2,1-5H3. The van der Waals surface area contributed by atoms with Crippen molar-refractivity contribution in [3.8, 4) is 5.69 Å². The zero-order valence-electron chi connectivity index (χ0n) is 29.2. The number of piperazine rings is 1. The minimum Gasteiger partial charge on any atom is -0.343 e. The minimum atomic E-state index is -3.40. The molecular formula is C36H53N7O3S. The second-order valence-electron chi connectivity index (χ2n) is 14.7. The molecule has 0 bridgehead atoms. The molecule has 0 spiro atoms. The smallest absolute Gasteiger partial charge is 0.343 e. The first-order valence-electron chi connectivity index (χ1n) is 16.5. The van der Waals surface area contributed by atoms with Crippen LogP contribution in [0, 0.1) is 0 Å². The molecule has 2 unspecified atom stereocenters. The van der Waals surface area contributed by atoms with Gasteiger partial charge in [-0.15, -0.1) is 0 Å². The predicted molar refractivity (Wildman–Crippen MR) is 192 cm³/mol. The quantitative estimate of drug-likeness (QED) is 0.199. The molecule has 5 N–H and O–H groups in total. The van der Waals surface area contributed by atoms with Crippen LogP contribution >= 0.6 is 0 Å². The van der Waals surface area contributed by atoms with E-state index in [2.05, 4.69) is 68.2 Å². The van der Waals surface area contributed by atoms with Crippen LogP contribution in [0.15, 0.2) is 70.5 Å². The van der Waals surface area contributed by atoms with Gasteiger partial charge < -0.3 is 21.4 Å². The summed E-state index contributed by atoms with van der Waals surface area (Å²) in [7, 11) is -3.40. The van der Waals surface area contributed by atoms with Crippen LogP contribution in [-0.4, -0.2) is 65.5 Å². The van der Waals surface area contributed by atoms with Crippen molar-refractivity contribution in [3.05, 3.63) is 88.1 Å². The normalized spacial score (nSPS) is 17.8. The average molecular weight is 664 g/mol. The topological polar surface area (TPSA) is 138 Å². The fourth-order valence-corrected chi connectivity index (χ4v) is 7.18. The van der Waals surface area contributed by atoms with E-state index in [1.807, 2.05) is 56.4 Å². The highest BCUT2D eigenvalue weighted by atomic mass is 32.2. The van der Waals surface area contributed by atoms with Gasteiger partial charge in [0.1, 0.15) is 5.65 Å². The van der Waals surface area contributed by atoms with Crippen LogP contribution in [0.5, 0.6) is 0 Å². The number of hydrogen-bond acceptors (Lipinski definition) is 7. The van der Waals surface area contributed by atoms with Gasteiger partial charge in [0, 0.05) is 54.4 Å². The van der Waals surface area contributed by atoms with Crippen molar-refractivity contribution in [2.24, 2.45) is 5.73 Å². The van der Waals surface area contributed by atoms with Gasteiger partial charge in [-0.2, -0.15) is 9.29 Å². The van der Waals surface area contributed by atoms with Crippen LogP contribution in [0.2, 0.25) is 0 Å². The Morgan fingerprint density at radius 3 is 2.11 bits per heavy atom. The molecule has 2 aromatic carbocycles. The second-order valence-corrected chi connectivity index (χ2v) is 16.6. The van der Waals surface area contributed by atoms with E-state index in [0.717, 1.165) is 41.8 Å². The Hall–Kier alpha value is -3.35. The van der Waals surface area contributed by atoms with Crippen molar-refractivity contribution in [1.29, 1.82) is 0 Å². The molecular weight excluding hydrogens is 611 g/mol. The summed E-state index contributed by atoms with van der Waals surface area (Å²) < 4.78 is 28.7. The molecule has 2 atom stereocenters. The number of sulfonamides is 1. The molecule has 10 nitrogen and oxygen atoms in total. The molecule has 3 heterocycles.